The summed E-state index contributed by atoms with van der Waals surface area (Å²) in [4.78, 5) is 32.5. The number of rotatable bonds is 6. The molecule has 1 aliphatic rings. The number of nitrogens with zero attached hydrogens (tertiary/aromatic N) is 3. The number of pyridine rings is 1. The summed E-state index contributed by atoms with van der Waals surface area (Å²) in [6.45, 7) is 8.27. The number of piperazine rings is 1. The molecule has 3 rings (SSSR count). The lowest BCUT2D eigenvalue weighted by Gasteiger charge is -2.36. The van der Waals surface area contributed by atoms with Gasteiger partial charge in [0.15, 0.2) is 0 Å². The number of carbonyl (C=O) groups is 2. The Labute approximate surface area is 193 Å². The van der Waals surface area contributed by atoms with E-state index in [0.29, 0.717) is 37.0 Å². The highest BCUT2D eigenvalue weighted by Gasteiger charge is 2.26. The van der Waals surface area contributed by atoms with Gasteiger partial charge in [-0.15, -0.1) is 0 Å². The summed E-state index contributed by atoms with van der Waals surface area (Å²) in [7, 11) is 0. The molecule has 0 unspecified atom stereocenters. The fraction of sp³-hybridized carbons (Fsp3) is 0.435. The SMILES string of the molecule is CC(C)(C)OC(=O)N1CCN(c2ccc(NC(=O)COCc3ccccc3Cl)nc2)CC1. The van der Waals surface area contributed by atoms with Crippen molar-refractivity contribution in [3.05, 3.63) is 53.2 Å². The third kappa shape index (κ3) is 7.10. The summed E-state index contributed by atoms with van der Waals surface area (Å²) in [6.07, 6.45) is 1.42. The lowest BCUT2D eigenvalue weighted by atomic mass is 10.2. The minimum Gasteiger partial charge on any atom is -0.444 e. The molecule has 0 saturated carbocycles. The normalized spacial score (nSPS) is 14.2. The predicted molar refractivity (Wildman–Crippen MR) is 124 cm³/mol. The van der Waals surface area contributed by atoms with Crippen LogP contribution in [0.4, 0.5) is 16.3 Å². The topological polar surface area (TPSA) is 84.0 Å². The van der Waals surface area contributed by atoms with Crippen LogP contribution in [0.5, 0.6) is 0 Å². The number of hydrogen-bond acceptors (Lipinski definition) is 6. The molecule has 1 N–H and O–H groups in total. The Morgan fingerprint density at radius 3 is 2.44 bits per heavy atom. The number of carbonyl (C=O) groups excluding carboxylic acids is 2. The van der Waals surface area contributed by atoms with Crippen LogP contribution in [0, 0.1) is 0 Å². The molecule has 0 atom stereocenters. The first-order valence-electron chi connectivity index (χ1n) is 10.5. The van der Waals surface area contributed by atoms with E-state index in [4.69, 9.17) is 21.1 Å². The molecule has 1 saturated heterocycles. The fourth-order valence-corrected chi connectivity index (χ4v) is 3.36. The number of halogens is 1. The monoisotopic (exact) mass is 460 g/mol. The van der Waals surface area contributed by atoms with Crippen molar-refractivity contribution in [1.29, 1.82) is 0 Å². The lowest BCUT2D eigenvalue weighted by molar-refractivity contribution is -0.121. The summed E-state index contributed by atoms with van der Waals surface area (Å²) in [5.41, 5.74) is 1.26. The van der Waals surface area contributed by atoms with Gasteiger partial charge in [-0.2, -0.15) is 0 Å². The van der Waals surface area contributed by atoms with E-state index < -0.39 is 5.60 Å². The maximum atomic E-state index is 12.2. The van der Waals surface area contributed by atoms with E-state index in [1.807, 2.05) is 45.0 Å². The molecule has 0 radical (unpaired) electrons. The van der Waals surface area contributed by atoms with E-state index in [1.54, 1.807) is 23.2 Å². The van der Waals surface area contributed by atoms with Gasteiger partial charge in [0.1, 0.15) is 18.0 Å². The van der Waals surface area contributed by atoms with Crippen LogP contribution in [0.1, 0.15) is 26.3 Å². The second kappa shape index (κ2) is 10.7. The van der Waals surface area contributed by atoms with Crippen LogP contribution in [-0.4, -0.2) is 60.3 Å². The van der Waals surface area contributed by atoms with Gasteiger partial charge in [0.2, 0.25) is 0 Å². The minimum atomic E-state index is -0.502. The van der Waals surface area contributed by atoms with Crippen molar-refractivity contribution in [1.82, 2.24) is 9.88 Å². The zero-order valence-corrected chi connectivity index (χ0v) is 19.4. The highest BCUT2D eigenvalue weighted by molar-refractivity contribution is 6.31. The molecule has 0 bridgehead atoms. The molecule has 1 aliphatic heterocycles. The Morgan fingerprint density at radius 1 is 1.09 bits per heavy atom. The highest BCUT2D eigenvalue weighted by atomic mass is 35.5. The van der Waals surface area contributed by atoms with Crippen LogP contribution in [-0.2, 0) is 20.9 Å². The number of ether oxygens (including phenoxy) is 2. The van der Waals surface area contributed by atoms with Crippen LogP contribution in [0.25, 0.3) is 0 Å². The molecule has 8 nitrogen and oxygen atoms in total. The van der Waals surface area contributed by atoms with Crippen LogP contribution in [0.2, 0.25) is 5.02 Å². The van der Waals surface area contributed by atoms with Crippen molar-refractivity contribution in [2.24, 2.45) is 0 Å². The van der Waals surface area contributed by atoms with Crippen molar-refractivity contribution < 1.29 is 19.1 Å². The Morgan fingerprint density at radius 2 is 1.81 bits per heavy atom. The first kappa shape index (κ1) is 23.8. The van der Waals surface area contributed by atoms with Crippen molar-refractivity contribution in [3.63, 3.8) is 0 Å². The number of nitrogens with one attached hydrogen (secondary N) is 1. The third-order valence-electron chi connectivity index (χ3n) is 4.76. The van der Waals surface area contributed by atoms with Crippen LogP contribution in [0.3, 0.4) is 0 Å². The van der Waals surface area contributed by atoms with Gasteiger partial charge >= 0.3 is 6.09 Å². The average Bonchev–Trinajstić information content (AvgIpc) is 2.74. The third-order valence-corrected chi connectivity index (χ3v) is 5.13. The van der Waals surface area contributed by atoms with E-state index in [-0.39, 0.29) is 25.2 Å². The molecule has 1 aromatic heterocycles. The van der Waals surface area contributed by atoms with Gasteiger partial charge in [-0.3, -0.25) is 4.79 Å². The molecule has 2 heterocycles. The predicted octanol–water partition coefficient (Wildman–Crippen LogP) is 3.95. The van der Waals surface area contributed by atoms with E-state index >= 15 is 0 Å². The molecule has 2 amide bonds. The van der Waals surface area contributed by atoms with Gasteiger partial charge in [0.05, 0.1) is 18.5 Å². The van der Waals surface area contributed by atoms with Crippen LogP contribution < -0.4 is 10.2 Å². The van der Waals surface area contributed by atoms with Gasteiger partial charge in [0, 0.05) is 31.2 Å². The second-order valence-electron chi connectivity index (χ2n) is 8.49. The average molecular weight is 461 g/mol. The standard InChI is InChI=1S/C23H29ClN4O4/c1-23(2,3)32-22(30)28-12-10-27(11-13-28)18-8-9-20(25-14-18)26-21(29)16-31-15-17-6-4-5-7-19(17)24/h4-9,14H,10-13,15-16H2,1-3H3,(H,25,26,29). The number of anilines is 2. The molecule has 32 heavy (non-hydrogen) atoms. The van der Waals surface area contributed by atoms with Crippen molar-refractivity contribution in [2.75, 3.05) is 43.0 Å². The number of benzene rings is 1. The van der Waals surface area contributed by atoms with E-state index in [0.717, 1.165) is 11.3 Å². The lowest BCUT2D eigenvalue weighted by Crippen LogP contribution is -2.50. The van der Waals surface area contributed by atoms with E-state index in [9.17, 15) is 9.59 Å². The second-order valence-corrected chi connectivity index (χ2v) is 8.90. The summed E-state index contributed by atoms with van der Waals surface area (Å²) < 4.78 is 10.9. The molecule has 0 spiro atoms. The largest absolute Gasteiger partial charge is 0.444 e. The zero-order chi connectivity index (χ0) is 23.1. The molecule has 1 fully saturated rings. The zero-order valence-electron chi connectivity index (χ0n) is 18.6. The summed E-state index contributed by atoms with van der Waals surface area (Å²) in [5, 5.41) is 3.33. The molecule has 1 aromatic carbocycles. The van der Waals surface area contributed by atoms with E-state index in [1.165, 1.54) is 0 Å². The van der Waals surface area contributed by atoms with Crippen LogP contribution >= 0.6 is 11.6 Å². The quantitative estimate of drug-likeness (QED) is 0.702. The van der Waals surface area contributed by atoms with Gasteiger partial charge < -0.3 is 24.6 Å². The molecule has 172 valence electrons. The Bertz CT molecular complexity index is 922. The van der Waals surface area contributed by atoms with Crippen LogP contribution in [0.15, 0.2) is 42.6 Å². The summed E-state index contributed by atoms with van der Waals surface area (Å²) in [6, 6.07) is 11.0. The Balaban J connectivity index is 1.42. The smallest absolute Gasteiger partial charge is 0.410 e. The maximum absolute atomic E-state index is 12.2. The molecular formula is C23H29ClN4O4. The van der Waals surface area contributed by atoms with Gasteiger partial charge in [-0.05, 0) is 44.5 Å². The Kier molecular flexibility index (Phi) is 7.93. The van der Waals surface area contributed by atoms with Gasteiger partial charge in [-0.1, -0.05) is 29.8 Å². The van der Waals surface area contributed by atoms with E-state index in [2.05, 4.69) is 15.2 Å². The molecular weight excluding hydrogens is 432 g/mol. The van der Waals surface area contributed by atoms with Crippen molar-refractivity contribution in [2.45, 2.75) is 33.0 Å². The number of amides is 2. The number of hydrogen-bond donors (Lipinski definition) is 1. The van der Waals surface area contributed by atoms with Crippen molar-refractivity contribution >= 4 is 35.1 Å². The molecule has 9 heteroatoms. The van der Waals surface area contributed by atoms with Gasteiger partial charge in [-0.25, -0.2) is 9.78 Å². The summed E-state index contributed by atoms with van der Waals surface area (Å²) in [5.74, 6) is 0.163. The summed E-state index contributed by atoms with van der Waals surface area (Å²) >= 11 is 6.08. The van der Waals surface area contributed by atoms with Crippen molar-refractivity contribution in [3.8, 4) is 0 Å². The fourth-order valence-electron chi connectivity index (χ4n) is 3.17. The molecule has 2 aromatic rings. The maximum Gasteiger partial charge on any atom is 0.410 e. The minimum absolute atomic E-state index is 0.0960. The van der Waals surface area contributed by atoms with Gasteiger partial charge in [0.25, 0.3) is 5.91 Å². The molecule has 0 aliphatic carbocycles. The first-order chi connectivity index (χ1) is 15.2. The highest BCUT2D eigenvalue weighted by Crippen LogP contribution is 2.19. The number of aromatic nitrogens is 1. The Hall–Kier alpha value is -2.84. The first-order valence-corrected chi connectivity index (χ1v) is 10.9.